The van der Waals surface area contributed by atoms with Gasteiger partial charge in [-0.3, -0.25) is 9.59 Å². The molecular formula is C21H28N2O2. The fraction of sp³-hybridized carbons (Fsp3) is 0.762. The lowest BCUT2D eigenvalue weighted by Crippen LogP contribution is -2.51. The van der Waals surface area contributed by atoms with Crippen molar-refractivity contribution in [1.82, 2.24) is 0 Å². The van der Waals surface area contributed by atoms with Crippen molar-refractivity contribution in [1.29, 1.82) is 0 Å². The lowest BCUT2D eigenvalue weighted by molar-refractivity contribution is -0.127. The third kappa shape index (κ3) is 2.19. The van der Waals surface area contributed by atoms with Crippen molar-refractivity contribution in [2.75, 3.05) is 0 Å². The molecule has 0 bridgehead atoms. The molecule has 0 aromatic carbocycles. The van der Waals surface area contributed by atoms with Crippen molar-refractivity contribution in [2.24, 2.45) is 34.5 Å². The third-order valence-corrected chi connectivity index (χ3v) is 8.36. The van der Waals surface area contributed by atoms with E-state index in [4.69, 9.17) is 0 Å². The molecule has 0 N–H and O–H groups in total. The van der Waals surface area contributed by atoms with Gasteiger partial charge in [0.2, 0.25) is 0 Å². The van der Waals surface area contributed by atoms with Gasteiger partial charge in [-0.2, -0.15) is 4.79 Å². The number of fused-ring (bicyclic) bond motifs is 5. The third-order valence-electron chi connectivity index (χ3n) is 8.36. The topological polar surface area (TPSA) is 70.5 Å². The van der Waals surface area contributed by atoms with Crippen LogP contribution in [0.15, 0.2) is 11.6 Å². The predicted molar refractivity (Wildman–Crippen MR) is 94.9 cm³/mol. The molecule has 0 radical (unpaired) electrons. The van der Waals surface area contributed by atoms with E-state index >= 15 is 0 Å². The van der Waals surface area contributed by atoms with Gasteiger partial charge in [-0.15, -0.1) is 0 Å². The number of hydrogen-bond donors (Lipinski definition) is 0. The number of rotatable bonds is 1. The van der Waals surface area contributed by atoms with Crippen molar-refractivity contribution < 1.29 is 14.4 Å². The van der Waals surface area contributed by atoms with E-state index in [9.17, 15) is 15.1 Å². The van der Waals surface area contributed by atoms with Crippen molar-refractivity contribution in [3.8, 4) is 0 Å². The van der Waals surface area contributed by atoms with Crippen LogP contribution in [0.5, 0.6) is 0 Å². The first-order valence-corrected chi connectivity index (χ1v) is 9.76. The van der Waals surface area contributed by atoms with E-state index in [1.165, 1.54) is 5.57 Å². The maximum Gasteiger partial charge on any atom is 0.280 e. The molecule has 0 heterocycles. The van der Waals surface area contributed by atoms with Crippen LogP contribution in [-0.4, -0.2) is 22.1 Å². The number of hydrogen-bond acceptors (Lipinski definition) is 2. The Labute approximate surface area is 149 Å². The van der Waals surface area contributed by atoms with Gasteiger partial charge >= 0.3 is 0 Å². The SMILES string of the molecule is CC(=O)[C@H]1C(=[N+]=[N-])C[C@H]2[C@@H]3CCC4=CC(=O)CC[C@]4(C)[C@H]3CC[C@]12C. The minimum atomic E-state index is -0.221. The number of ketones is 2. The lowest BCUT2D eigenvalue weighted by atomic mass is 9.46. The maximum atomic E-state index is 12.3. The van der Waals surface area contributed by atoms with Crippen LogP contribution in [0.25, 0.3) is 5.53 Å². The second-order valence-electron chi connectivity index (χ2n) is 9.35. The molecule has 6 atom stereocenters. The molecule has 4 aliphatic rings. The molecule has 4 heteroatoms. The Morgan fingerprint density at radius 3 is 2.64 bits per heavy atom. The van der Waals surface area contributed by atoms with E-state index in [1.807, 2.05) is 6.08 Å². The Balaban J connectivity index is 1.73. The average Bonchev–Trinajstić information content (AvgIpc) is 2.88. The van der Waals surface area contributed by atoms with E-state index < -0.39 is 0 Å². The average molecular weight is 340 g/mol. The maximum absolute atomic E-state index is 12.3. The molecule has 0 saturated heterocycles. The summed E-state index contributed by atoms with van der Waals surface area (Å²) >= 11 is 0. The van der Waals surface area contributed by atoms with E-state index in [1.54, 1.807) is 6.92 Å². The molecule has 0 amide bonds. The molecular weight excluding hydrogens is 312 g/mol. The molecule has 4 nitrogen and oxygen atoms in total. The smallest absolute Gasteiger partial charge is 0.280 e. The van der Waals surface area contributed by atoms with Crippen molar-refractivity contribution >= 4 is 17.3 Å². The van der Waals surface area contributed by atoms with Gasteiger partial charge in [0.05, 0.1) is 0 Å². The van der Waals surface area contributed by atoms with E-state index in [-0.39, 0.29) is 22.5 Å². The van der Waals surface area contributed by atoms with Crippen LogP contribution in [-0.2, 0) is 9.59 Å². The highest BCUT2D eigenvalue weighted by atomic mass is 16.1. The standard InChI is InChI=1S/C21H28N2O2/c1-12(24)19-18(23-22)11-17-15-5-4-13-10-14(25)6-8-20(13,2)16(15)7-9-21(17,19)3/h10,15-17,19H,4-9,11H2,1-3H3/t15-,16+,17+,19+,20+,21+/m1/s1. The summed E-state index contributed by atoms with van der Waals surface area (Å²) in [5, 5.41) is 0. The van der Waals surface area contributed by atoms with Crippen LogP contribution < -0.4 is 0 Å². The first-order chi connectivity index (χ1) is 11.8. The van der Waals surface area contributed by atoms with Gasteiger partial charge in [0.1, 0.15) is 11.7 Å². The molecule has 0 aliphatic heterocycles. The number of nitrogens with zero attached hydrogens (tertiary/aromatic N) is 2. The summed E-state index contributed by atoms with van der Waals surface area (Å²) in [5.41, 5.74) is 11.6. The van der Waals surface area contributed by atoms with Crippen LogP contribution in [0.2, 0.25) is 0 Å². The molecule has 25 heavy (non-hydrogen) atoms. The van der Waals surface area contributed by atoms with Crippen LogP contribution in [0.3, 0.4) is 0 Å². The Kier molecular flexibility index (Phi) is 3.70. The zero-order valence-corrected chi connectivity index (χ0v) is 15.5. The van der Waals surface area contributed by atoms with Crippen molar-refractivity contribution in [3.05, 3.63) is 17.2 Å². The normalized spacial score (nSPS) is 45.8. The monoisotopic (exact) mass is 340 g/mol. The highest BCUT2D eigenvalue weighted by Crippen LogP contribution is 2.65. The Bertz CT molecular complexity index is 732. The Morgan fingerprint density at radius 2 is 1.96 bits per heavy atom. The summed E-state index contributed by atoms with van der Waals surface area (Å²) in [6.45, 7) is 6.25. The quantitative estimate of drug-likeness (QED) is 0.534. The zero-order chi connectivity index (χ0) is 18.0. The molecule has 3 saturated carbocycles. The summed E-state index contributed by atoms with van der Waals surface area (Å²) in [7, 11) is 0. The molecule has 4 aliphatic carbocycles. The lowest BCUT2D eigenvalue weighted by Gasteiger charge is -2.57. The van der Waals surface area contributed by atoms with Gasteiger partial charge in [-0.05, 0) is 73.7 Å². The molecule has 0 aromatic rings. The largest absolute Gasteiger partial charge is 0.362 e. The predicted octanol–water partition coefficient (Wildman–Crippen LogP) is 4.00. The molecule has 3 fully saturated rings. The first-order valence-electron chi connectivity index (χ1n) is 9.76. The summed E-state index contributed by atoms with van der Waals surface area (Å²) in [6, 6.07) is 0. The number of carbonyl (C=O) groups excluding carboxylic acids is 2. The second-order valence-corrected chi connectivity index (χ2v) is 9.35. The van der Waals surface area contributed by atoms with Crippen molar-refractivity contribution in [2.45, 2.75) is 65.7 Å². The van der Waals surface area contributed by atoms with Crippen molar-refractivity contribution in [3.63, 3.8) is 0 Å². The molecule has 0 aromatic heterocycles. The fourth-order valence-electron chi connectivity index (χ4n) is 7.17. The highest BCUT2D eigenvalue weighted by molar-refractivity contribution is 6.04. The summed E-state index contributed by atoms with van der Waals surface area (Å²) in [5.74, 6) is 1.78. The minimum Gasteiger partial charge on any atom is -0.362 e. The van der Waals surface area contributed by atoms with E-state index in [2.05, 4.69) is 18.6 Å². The molecule has 4 rings (SSSR count). The second kappa shape index (κ2) is 5.48. The van der Waals surface area contributed by atoms with Crippen LogP contribution in [0, 0.1) is 34.5 Å². The van der Waals surface area contributed by atoms with Crippen LogP contribution in [0.1, 0.15) is 65.7 Å². The van der Waals surface area contributed by atoms with Crippen LogP contribution >= 0.6 is 0 Å². The number of allylic oxidation sites excluding steroid dienone is 1. The van der Waals surface area contributed by atoms with Gasteiger partial charge in [-0.25, -0.2) is 0 Å². The molecule has 134 valence electrons. The fourth-order valence-corrected chi connectivity index (χ4v) is 7.17. The molecule has 0 spiro atoms. The van der Waals surface area contributed by atoms with E-state index in [0.29, 0.717) is 35.7 Å². The van der Waals surface area contributed by atoms with Crippen LogP contribution in [0.4, 0.5) is 0 Å². The Hall–Kier alpha value is -1.54. The van der Waals surface area contributed by atoms with Gasteiger partial charge in [0.25, 0.3) is 5.71 Å². The number of carbonyl (C=O) groups is 2. The molecule has 0 unspecified atom stereocenters. The summed E-state index contributed by atoms with van der Waals surface area (Å²) < 4.78 is 0. The number of Topliss-reactive ketones (excluding diaryl/α,β-unsaturated/α-hetero) is 1. The summed E-state index contributed by atoms with van der Waals surface area (Å²) in [6.07, 6.45) is 8.56. The minimum absolute atomic E-state index is 0.0728. The van der Waals surface area contributed by atoms with E-state index in [0.717, 1.165) is 38.5 Å². The zero-order valence-electron chi connectivity index (χ0n) is 15.5. The van der Waals surface area contributed by atoms with Gasteiger partial charge < -0.3 is 5.53 Å². The Morgan fingerprint density at radius 1 is 1.20 bits per heavy atom. The van der Waals surface area contributed by atoms with Gasteiger partial charge in [0.15, 0.2) is 5.78 Å². The first kappa shape index (κ1) is 16.9. The highest BCUT2D eigenvalue weighted by Gasteiger charge is 2.64. The van der Waals surface area contributed by atoms with Gasteiger partial charge in [0, 0.05) is 12.8 Å². The summed E-state index contributed by atoms with van der Waals surface area (Å²) in [4.78, 5) is 27.8. The van der Waals surface area contributed by atoms with Gasteiger partial charge in [-0.1, -0.05) is 19.4 Å².